The van der Waals surface area contributed by atoms with Gasteiger partial charge in [0.05, 0.1) is 10.0 Å². The quantitative estimate of drug-likeness (QED) is 0.840. The van der Waals surface area contributed by atoms with Gasteiger partial charge in [0.1, 0.15) is 0 Å². The highest BCUT2D eigenvalue weighted by Crippen LogP contribution is 2.26. The van der Waals surface area contributed by atoms with Gasteiger partial charge in [0, 0.05) is 31.2 Å². The highest BCUT2D eigenvalue weighted by atomic mass is 35.5. The average Bonchev–Trinajstić information content (AvgIpc) is 2.46. The minimum absolute atomic E-state index is 0.209. The van der Waals surface area contributed by atoms with Crippen LogP contribution in [0.25, 0.3) is 0 Å². The maximum absolute atomic E-state index is 6.15. The molecule has 21 heavy (non-hydrogen) atoms. The van der Waals surface area contributed by atoms with Crippen LogP contribution in [0.5, 0.6) is 0 Å². The molecule has 1 aromatic rings. The van der Waals surface area contributed by atoms with E-state index >= 15 is 0 Å². The van der Waals surface area contributed by atoms with Gasteiger partial charge in [-0.1, -0.05) is 49.5 Å². The van der Waals surface area contributed by atoms with Gasteiger partial charge in [-0.25, -0.2) is 0 Å². The van der Waals surface area contributed by atoms with Gasteiger partial charge >= 0.3 is 0 Å². The van der Waals surface area contributed by atoms with Crippen molar-refractivity contribution in [3.8, 4) is 0 Å². The molecular weight excluding hydrogens is 303 g/mol. The van der Waals surface area contributed by atoms with Crippen LogP contribution in [0.3, 0.4) is 0 Å². The molecule has 0 aromatic heterocycles. The van der Waals surface area contributed by atoms with Crippen LogP contribution in [0.1, 0.15) is 45.6 Å². The molecule has 2 atom stereocenters. The van der Waals surface area contributed by atoms with Crippen molar-refractivity contribution in [3.63, 3.8) is 0 Å². The predicted molar refractivity (Wildman–Crippen MR) is 92.3 cm³/mol. The molecule has 0 aliphatic carbocycles. The number of rotatable bonds is 5. The van der Waals surface area contributed by atoms with Crippen LogP contribution >= 0.6 is 23.2 Å². The number of nitrogens with zero attached hydrogens (tertiary/aromatic N) is 1. The second-order valence-electron chi connectivity index (χ2n) is 6.39. The number of halogens is 2. The molecule has 1 aliphatic heterocycles. The maximum Gasteiger partial charge on any atom is 0.0595 e. The van der Waals surface area contributed by atoms with E-state index < -0.39 is 0 Å². The van der Waals surface area contributed by atoms with E-state index in [-0.39, 0.29) is 5.54 Å². The van der Waals surface area contributed by atoms with Crippen LogP contribution in [0.4, 0.5) is 0 Å². The molecular formula is C17H26Cl2N2. The lowest BCUT2D eigenvalue weighted by Crippen LogP contribution is -2.62. The minimum Gasteiger partial charge on any atom is -0.309 e. The van der Waals surface area contributed by atoms with Gasteiger partial charge in [0.15, 0.2) is 0 Å². The molecule has 2 rings (SSSR count). The number of hydrogen-bond acceptors (Lipinski definition) is 2. The summed E-state index contributed by atoms with van der Waals surface area (Å²) < 4.78 is 0. The van der Waals surface area contributed by atoms with Crippen LogP contribution in [0.2, 0.25) is 10.0 Å². The molecule has 2 unspecified atom stereocenters. The third kappa shape index (κ3) is 4.35. The Morgan fingerprint density at radius 2 is 2.05 bits per heavy atom. The highest BCUT2D eigenvalue weighted by Gasteiger charge is 2.33. The predicted octanol–water partition coefficient (Wildman–Crippen LogP) is 4.74. The average molecular weight is 329 g/mol. The Kier molecular flexibility index (Phi) is 5.96. The van der Waals surface area contributed by atoms with Crippen LogP contribution in [0.15, 0.2) is 18.2 Å². The molecule has 1 saturated heterocycles. The number of benzene rings is 1. The van der Waals surface area contributed by atoms with Gasteiger partial charge in [0.2, 0.25) is 0 Å². The summed E-state index contributed by atoms with van der Waals surface area (Å²) in [5, 5.41) is 5.00. The molecule has 1 N–H and O–H groups in total. The summed E-state index contributed by atoms with van der Waals surface area (Å²) in [7, 11) is 0. The Morgan fingerprint density at radius 1 is 1.29 bits per heavy atom. The van der Waals surface area contributed by atoms with Crippen molar-refractivity contribution < 1.29 is 0 Å². The first-order valence-corrected chi connectivity index (χ1v) is 8.66. The van der Waals surface area contributed by atoms with Crippen molar-refractivity contribution >= 4 is 23.2 Å². The van der Waals surface area contributed by atoms with Gasteiger partial charge in [-0.2, -0.15) is 0 Å². The molecule has 0 saturated carbocycles. The summed E-state index contributed by atoms with van der Waals surface area (Å²) in [5.41, 5.74) is 1.45. The zero-order valence-electron chi connectivity index (χ0n) is 13.3. The summed E-state index contributed by atoms with van der Waals surface area (Å²) in [5.74, 6) is 0. The SMILES string of the molecule is CCCC1CNC(C)(CC)CN1Cc1ccc(Cl)c(Cl)c1. The molecule has 0 spiro atoms. The smallest absolute Gasteiger partial charge is 0.0595 e. The van der Waals surface area contributed by atoms with Gasteiger partial charge in [0.25, 0.3) is 0 Å². The fourth-order valence-electron chi connectivity index (χ4n) is 3.04. The van der Waals surface area contributed by atoms with Gasteiger partial charge in [-0.05, 0) is 37.5 Å². The summed E-state index contributed by atoms with van der Waals surface area (Å²) in [6, 6.07) is 6.58. The Morgan fingerprint density at radius 3 is 2.67 bits per heavy atom. The Balaban J connectivity index is 2.13. The van der Waals surface area contributed by atoms with Crippen LogP contribution in [0, 0.1) is 0 Å². The van der Waals surface area contributed by atoms with Crippen molar-refractivity contribution in [2.75, 3.05) is 13.1 Å². The monoisotopic (exact) mass is 328 g/mol. The summed E-state index contributed by atoms with van der Waals surface area (Å²) in [4.78, 5) is 2.60. The molecule has 118 valence electrons. The van der Waals surface area contributed by atoms with E-state index in [0.717, 1.165) is 26.1 Å². The van der Waals surface area contributed by atoms with E-state index in [0.29, 0.717) is 16.1 Å². The van der Waals surface area contributed by atoms with Gasteiger partial charge in [-0.3, -0.25) is 4.90 Å². The first kappa shape index (κ1) is 17.1. The van der Waals surface area contributed by atoms with Crippen LogP contribution in [-0.4, -0.2) is 29.6 Å². The normalized spacial score (nSPS) is 27.0. The van der Waals surface area contributed by atoms with E-state index in [1.54, 1.807) is 0 Å². The highest BCUT2D eigenvalue weighted by molar-refractivity contribution is 6.42. The fourth-order valence-corrected chi connectivity index (χ4v) is 3.36. The zero-order chi connectivity index (χ0) is 15.5. The molecule has 4 heteroatoms. The molecule has 0 amide bonds. The van der Waals surface area contributed by atoms with Crippen molar-refractivity contribution in [1.82, 2.24) is 10.2 Å². The fraction of sp³-hybridized carbons (Fsp3) is 0.647. The molecule has 0 bridgehead atoms. The van der Waals surface area contributed by atoms with Crippen LogP contribution < -0.4 is 5.32 Å². The standard InChI is InChI=1S/C17H26Cl2N2/c1-4-6-14-10-20-17(3,5-2)12-21(14)11-13-7-8-15(18)16(19)9-13/h7-9,14,20H,4-6,10-12H2,1-3H3. The maximum atomic E-state index is 6.15. The summed E-state index contributed by atoms with van der Waals surface area (Å²) >= 11 is 12.2. The Bertz CT molecular complexity index is 478. The Labute approximate surface area is 138 Å². The lowest BCUT2D eigenvalue weighted by Gasteiger charge is -2.46. The third-order valence-corrected chi connectivity index (χ3v) is 5.34. The van der Waals surface area contributed by atoms with Crippen molar-refractivity contribution in [2.45, 2.75) is 58.2 Å². The summed E-state index contributed by atoms with van der Waals surface area (Å²) in [6.45, 7) is 9.92. The first-order chi connectivity index (χ1) is 9.97. The first-order valence-electron chi connectivity index (χ1n) is 7.90. The van der Waals surface area contributed by atoms with Crippen molar-refractivity contribution in [2.24, 2.45) is 0 Å². The molecule has 1 aliphatic rings. The third-order valence-electron chi connectivity index (χ3n) is 4.60. The van der Waals surface area contributed by atoms with Crippen LogP contribution in [-0.2, 0) is 6.54 Å². The van der Waals surface area contributed by atoms with E-state index in [1.165, 1.54) is 18.4 Å². The Hall–Kier alpha value is -0.280. The van der Waals surface area contributed by atoms with Crippen molar-refractivity contribution in [1.29, 1.82) is 0 Å². The van der Waals surface area contributed by atoms with E-state index in [2.05, 4.69) is 37.1 Å². The van der Waals surface area contributed by atoms with E-state index in [9.17, 15) is 0 Å². The summed E-state index contributed by atoms with van der Waals surface area (Å²) in [6.07, 6.45) is 3.59. The van der Waals surface area contributed by atoms with Gasteiger partial charge < -0.3 is 5.32 Å². The van der Waals surface area contributed by atoms with Gasteiger partial charge in [-0.15, -0.1) is 0 Å². The molecule has 2 nitrogen and oxygen atoms in total. The number of nitrogens with one attached hydrogen (secondary N) is 1. The topological polar surface area (TPSA) is 15.3 Å². The molecule has 1 aromatic carbocycles. The number of piperazine rings is 1. The largest absolute Gasteiger partial charge is 0.309 e. The van der Waals surface area contributed by atoms with E-state index in [1.807, 2.05) is 12.1 Å². The molecule has 1 heterocycles. The van der Waals surface area contributed by atoms with E-state index in [4.69, 9.17) is 23.2 Å². The lowest BCUT2D eigenvalue weighted by atomic mass is 9.92. The molecule has 0 radical (unpaired) electrons. The van der Waals surface area contributed by atoms with Crippen molar-refractivity contribution in [3.05, 3.63) is 33.8 Å². The second kappa shape index (κ2) is 7.32. The molecule has 1 fully saturated rings. The zero-order valence-corrected chi connectivity index (χ0v) is 14.8. The number of hydrogen-bond donors (Lipinski definition) is 1. The lowest BCUT2D eigenvalue weighted by molar-refractivity contribution is 0.0726. The second-order valence-corrected chi connectivity index (χ2v) is 7.21. The minimum atomic E-state index is 0.209.